The maximum atomic E-state index is 12.9. The maximum Gasteiger partial charge on any atom is 0.243 e. The number of hydrogen-bond donors (Lipinski definition) is 1. The molecule has 2 aromatic rings. The molecule has 2 fully saturated rings. The lowest BCUT2D eigenvalue weighted by Crippen LogP contribution is -2.44. The summed E-state index contributed by atoms with van der Waals surface area (Å²) in [5.41, 5.74) is 1.22. The highest BCUT2D eigenvalue weighted by Crippen LogP contribution is 2.27. The molecule has 172 valence electrons. The predicted molar refractivity (Wildman–Crippen MR) is 126 cm³/mol. The van der Waals surface area contributed by atoms with Gasteiger partial charge in [0.25, 0.3) is 0 Å². The van der Waals surface area contributed by atoms with Crippen molar-refractivity contribution in [2.75, 3.05) is 32.7 Å². The van der Waals surface area contributed by atoms with Crippen molar-refractivity contribution >= 4 is 27.5 Å². The summed E-state index contributed by atoms with van der Waals surface area (Å²) in [6.07, 6.45) is 3.44. The van der Waals surface area contributed by atoms with Crippen molar-refractivity contribution in [3.63, 3.8) is 0 Å². The van der Waals surface area contributed by atoms with Crippen molar-refractivity contribution in [1.82, 2.24) is 14.5 Å². The lowest BCUT2D eigenvalue weighted by Gasteiger charge is -2.32. The van der Waals surface area contributed by atoms with Crippen molar-refractivity contribution in [2.24, 2.45) is 5.92 Å². The summed E-state index contributed by atoms with van der Waals surface area (Å²) in [5, 5.41) is 3.66. The van der Waals surface area contributed by atoms with Crippen LogP contribution in [0.15, 0.2) is 59.5 Å². The van der Waals surface area contributed by atoms with E-state index in [9.17, 15) is 13.2 Å². The molecule has 2 aliphatic rings. The first-order chi connectivity index (χ1) is 15.4. The fourth-order valence-corrected chi connectivity index (χ4v) is 6.24. The molecular weight excluding hydrogens is 446 g/mol. The van der Waals surface area contributed by atoms with Gasteiger partial charge in [-0.25, -0.2) is 8.42 Å². The highest BCUT2D eigenvalue weighted by molar-refractivity contribution is 7.89. The Hall–Kier alpha value is -1.93. The topological polar surface area (TPSA) is 69.7 Å². The smallest absolute Gasteiger partial charge is 0.243 e. The van der Waals surface area contributed by atoms with Gasteiger partial charge >= 0.3 is 0 Å². The number of nitrogens with zero attached hydrogens (tertiary/aromatic N) is 2. The monoisotopic (exact) mass is 475 g/mol. The second-order valence-corrected chi connectivity index (χ2v) is 10.9. The molecule has 2 aromatic carbocycles. The fourth-order valence-electron chi connectivity index (χ4n) is 4.64. The van der Waals surface area contributed by atoms with E-state index in [1.54, 1.807) is 12.1 Å². The molecule has 0 spiro atoms. The van der Waals surface area contributed by atoms with Crippen molar-refractivity contribution in [2.45, 2.75) is 36.6 Å². The van der Waals surface area contributed by atoms with E-state index in [-0.39, 0.29) is 22.8 Å². The summed E-state index contributed by atoms with van der Waals surface area (Å²) in [4.78, 5) is 15.6. The molecule has 32 heavy (non-hydrogen) atoms. The summed E-state index contributed by atoms with van der Waals surface area (Å²) >= 11 is 5.88. The zero-order chi connectivity index (χ0) is 22.6. The Morgan fingerprint density at radius 3 is 2.22 bits per heavy atom. The van der Waals surface area contributed by atoms with Crippen LogP contribution in [0.2, 0.25) is 5.02 Å². The number of piperidine rings is 1. The number of benzene rings is 2. The summed E-state index contributed by atoms with van der Waals surface area (Å²) in [5.74, 6) is -0.143. The molecule has 8 heteroatoms. The van der Waals surface area contributed by atoms with Crippen LogP contribution in [-0.2, 0) is 14.8 Å². The molecule has 0 aromatic heterocycles. The Labute approximate surface area is 195 Å². The molecule has 2 aliphatic heterocycles. The molecule has 1 unspecified atom stereocenters. The van der Waals surface area contributed by atoms with Crippen LogP contribution in [0.4, 0.5) is 0 Å². The second kappa shape index (κ2) is 10.3. The van der Waals surface area contributed by atoms with Crippen LogP contribution in [0.1, 0.15) is 37.3 Å². The molecule has 4 rings (SSSR count). The summed E-state index contributed by atoms with van der Waals surface area (Å²) in [6, 6.07) is 16.7. The van der Waals surface area contributed by atoms with Gasteiger partial charge in [0, 0.05) is 30.6 Å². The van der Waals surface area contributed by atoms with Crippen molar-refractivity contribution in [3.05, 3.63) is 65.2 Å². The van der Waals surface area contributed by atoms with E-state index in [4.69, 9.17) is 11.6 Å². The molecule has 2 saturated heterocycles. The van der Waals surface area contributed by atoms with Gasteiger partial charge in [0.1, 0.15) is 0 Å². The lowest BCUT2D eigenvalue weighted by atomic mass is 9.97. The number of amides is 1. The maximum absolute atomic E-state index is 12.9. The fraction of sp³-hybridized carbons (Fsp3) is 0.458. The summed E-state index contributed by atoms with van der Waals surface area (Å²) in [7, 11) is -3.56. The quantitative estimate of drug-likeness (QED) is 0.663. The number of halogens is 1. The van der Waals surface area contributed by atoms with Gasteiger partial charge in [0.15, 0.2) is 0 Å². The average molecular weight is 476 g/mol. The van der Waals surface area contributed by atoms with Crippen LogP contribution in [-0.4, -0.2) is 56.3 Å². The van der Waals surface area contributed by atoms with Crippen LogP contribution in [0.25, 0.3) is 0 Å². The zero-order valence-corrected chi connectivity index (χ0v) is 19.7. The molecular formula is C24H30ClN3O3S. The Morgan fingerprint density at radius 2 is 1.59 bits per heavy atom. The number of likely N-dealkylation sites (tertiary alicyclic amines) is 1. The van der Waals surface area contributed by atoms with Gasteiger partial charge in [0.2, 0.25) is 15.9 Å². The SMILES string of the molecule is O=C(NCC(c1ccccc1)N1CCCC1)C1CCN(S(=O)(=O)c2ccc(Cl)cc2)CC1. The molecule has 0 radical (unpaired) electrons. The molecule has 0 aliphatic carbocycles. The average Bonchev–Trinajstić information content (AvgIpc) is 3.35. The highest BCUT2D eigenvalue weighted by Gasteiger charge is 2.32. The van der Waals surface area contributed by atoms with E-state index >= 15 is 0 Å². The van der Waals surface area contributed by atoms with Gasteiger partial charge in [-0.15, -0.1) is 0 Å². The Bertz CT molecular complexity index is 1000. The van der Waals surface area contributed by atoms with Gasteiger partial charge < -0.3 is 5.32 Å². The van der Waals surface area contributed by atoms with Gasteiger partial charge in [-0.1, -0.05) is 41.9 Å². The third kappa shape index (κ3) is 5.34. The minimum atomic E-state index is -3.56. The van der Waals surface area contributed by atoms with Crippen LogP contribution in [0.5, 0.6) is 0 Å². The Kier molecular flexibility index (Phi) is 7.51. The van der Waals surface area contributed by atoms with Crippen molar-refractivity contribution < 1.29 is 13.2 Å². The van der Waals surface area contributed by atoms with E-state index in [0.717, 1.165) is 13.1 Å². The number of hydrogen-bond acceptors (Lipinski definition) is 4. The molecule has 0 bridgehead atoms. The zero-order valence-electron chi connectivity index (χ0n) is 18.1. The minimum Gasteiger partial charge on any atom is -0.354 e. The largest absolute Gasteiger partial charge is 0.354 e. The summed E-state index contributed by atoms with van der Waals surface area (Å²) in [6.45, 7) is 3.37. The molecule has 1 atom stereocenters. The van der Waals surface area contributed by atoms with Crippen LogP contribution >= 0.6 is 11.6 Å². The van der Waals surface area contributed by atoms with Crippen LogP contribution in [0, 0.1) is 5.92 Å². The van der Waals surface area contributed by atoms with Gasteiger partial charge in [0.05, 0.1) is 10.9 Å². The van der Waals surface area contributed by atoms with Gasteiger partial charge in [-0.05, 0) is 68.6 Å². The van der Waals surface area contributed by atoms with Crippen molar-refractivity contribution in [1.29, 1.82) is 0 Å². The van der Waals surface area contributed by atoms with Crippen LogP contribution < -0.4 is 5.32 Å². The first kappa shape index (κ1) is 23.2. The molecule has 0 saturated carbocycles. The number of rotatable bonds is 7. The van der Waals surface area contributed by atoms with E-state index < -0.39 is 10.0 Å². The third-order valence-corrected chi connectivity index (χ3v) is 8.68. The molecule has 6 nitrogen and oxygen atoms in total. The number of nitrogens with one attached hydrogen (secondary N) is 1. The van der Waals surface area contributed by atoms with Gasteiger partial charge in [-0.2, -0.15) is 4.31 Å². The van der Waals surface area contributed by atoms with E-state index in [1.165, 1.54) is 34.8 Å². The third-order valence-electron chi connectivity index (χ3n) is 6.51. The number of sulfonamides is 1. The minimum absolute atomic E-state index is 0.0219. The standard InChI is InChI=1S/C24H30ClN3O3S/c25-21-8-10-22(11-9-21)32(30,31)28-16-12-20(13-17-28)24(29)26-18-23(27-14-4-5-15-27)19-6-2-1-3-7-19/h1-3,6-11,20,23H,4-5,12-18H2,(H,26,29). The Balaban J connectivity index is 1.33. The van der Waals surface area contributed by atoms with E-state index in [1.807, 2.05) is 18.2 Å². The highest BCUT2D eigenvalue weighted by atomic mass is 35.5. The van der Waals surface area contributed by atoms with Crippen LogP contribution in [0.3, 0.4) is 0 Å². The van der Waals surface area contributed by atoms with E-state index in [2.05, 4.69) is 22.3 Å². The predicted octanol–water partition coefficient (Wildman–Crippen LogP) is 3.69. The van der Waals surface area contributed by atoms with Crippen molar-refractivity contribution in [3.8, 4) is 0 Å². The lowest BCUT2D eigenvalue weighted by molar-refractivity contribution is -0.126. The Morgan fingerprint density at radius 1 is 0.969 bits per heavy atom. The second-order valence-electron chi connectivity index (χ2n) is 8.55. The van der Waals surface area contributed by atoms with Gasteiger partial charge in [-0.3, -0.25) is 9.69 Å². The summed E-state index contributed by atoms with van der Waals surface area (Å²) < 4.78 is 27.2. The first-order valence-corrected chi connectivity index (χ1v) is 13.1. The molecule has 1 N–H and O–H groups in total. The molecule has 1 amide bonds. The number of carbonyl (C=O) groups is 1. The first-order valence-electron chi connectivity index (χ1n) is 11.3. The number of carbonyl (C=O) groups excluding carboxylic acids is 1. The molecule has 2 heterocycles. The normalized spacial score (nSPS) is 19.7. The van der Waals surface area contributed by atoms with E-state index in [0.29, 0.717) is 37.5 Å².